The van der Waals surface area contributed by atoms with E-state index in [1.807, 2.05) is 26.0 Å². The molecule has 0 radical (unpaired) electrons. The largest absolute Gasteiger partial charge is 0.508 e. The summed E-state index contributed by atoms with van der Waals surface area (Å²) in [5.74, 6) is 0.743. The summed E-state index contributed by atoms with van der Waals surface area (Å²) in [6.07, 6.45) is 13.6. The normalized spacial score (nSPS) is 21.0. The Bertz CT molecular complexity index is 1800. The van der Waals surface area contributed by atoms with E-state index in [4.69, 9.17) is 0 Å². The Balaban J connectivity index is 1.56. The summed E-state index contributed by atoms with van der Waals surface area (Å²) < 4.78 is 0. The van der Waals surface area contributed by atoms with Gasteiger partial charge in [-0.2, -0.15) is 0 Å². The van der Waals surface area contributed by atoms with Crippen LogP contribution >= 0.6 is 0 Å². The standard InChI is InChI=1S/C39H34O2/c1-25-21-31(15-19-37(25)40)39(32-16-20-38(41)26(2)22-32)35-23-29(27-9-5-3-6-10-27)13-17-33(35)34-18-14-30(24-36(34)39)28-11-7-4-8-12-28/h3-7,9-11,13-21,23-24,32,40-41H,8,12,22H2,1-2H3. The SMILES string of the molecule is CC1=C(O)C=CC(C2(c3ccc(O)c(C)c3)c3cc(C4=CC=CCC4)ccc3-c3ccc(-c4ccccc4)cc32)C1. The number of fused-ring (bicyclic) bond motifs is 3. The molecule has 2 heteroatoms. The molecule has 3 aliphatic carbocycles. The molecule has 0 saturated heterocycles. The molecule has 2 atom stereocenters. The number of allylic oxidation sites excluding steroid dienone is 7. The van der Waals surface area contributed by atoms with Gasteiger partial charge in [0.15, 0.2) is 0 Å². The summed E-state index contributed by atoms with van der Waals surface area (Å²) in [7, 11) is 0. The predicted molar refractivity (Wildman–Crippen MR) is 169 cm³/mol. The first-order chi connectivity index (χ1) is 20.0. The van der Waals surface area contributed by atoms with Gasteiger partial charge in [0, 0.05) is 0 Å². The van der Waals surface area contributed by atoms with E-state index in [2.05, 4.69) is 103 Å². The van der Waals surface area contributed by atoms with Crippen LogP contribution in [0.5, 0.6) is 5.75 Å². The van der Waals surface area contributed by atoms with Crippen molar-refractivity contribution in [3.63, 3.8) is 0 Å². The number of aliphatic hydroxyl groups is 1. The lowest BCUT2D eigenvalue weighted by Gasteiger charge is -2.41. The summed E-state index contributed by atoms with van der Waals surface area (Å²) in [6.45, 7) is 4.02. The molecule has 0 saturated carbocycles. The van der Waals surface area contributed by atoms with E-state index >= 15 is 0 Å². The highest BCUT2D eigenvalue weighted by atomic mass is 16.3. The van der Waals surface area contributed by atoms with Crippen LogP contribution < -0.4 is 0 Å². The molecule has 0 aliphatic heterocycles. The van der Waals surface area contributed by atoms with Crippen LogP contribution in [0.3, 0.4) is 0 Å². The van der Waals surface area contributed by atoms with E-state index in [1.54, 1.807) is 0 Å². The molecular weight excluding hydrogens is 500 g/mol. The second-order valence-corrected chi connectivity index (χ2v) is 11.7. The second-order valence-electron chi connectivity index (χ2n) is 11.7. The Kier molecular flexibility index (Phi) is 6.08. The van der Waals surface area contributed by atoms with Crippen molar-refractivity contribution in [3.05, 3.63) is 154 Å². The van der Waals surface area contributed by atoms with Gasteiger partial charge in [0.05, 0.1) is 5.41 Å². The van der Waals surface area contributed by atoms with Gasteiger partial charge < -0.3 is 10.2 Å². The Morgan fingerprint density at radius 3 is 2.17 bits per heavy atom. The minimum atomic E-state index is -0.506. The molecule has 41 heavy (non-hydrogen) atoms. The number of hydrogen-bond donors (Lipinski definition) is 2. The van der Waals surface area contributed by atoms with Gasteiger partial charge in [-0.25, -0.2) is 0 Å². The molecule has 4 aromatic rings. The van der Waals surface area contributed by atoms with E-state index in [0.717, 1.165) is 36.0 Å². The summed E-state index contributed by atoms with van der Waals surface area (Å²) >= 11 is 0. The lowest BCUT2D eigenvalue weighted by atomic mass is 9.61. The molecule has 2 N–H and O–H groups in total. The van der Waals surface area contributed by atoms with Crippen molar-refractivity contribution in [2.75, 3.05) is 0 Å². The third kappa shape index (κ3) is 4.01. The number of aryl methyl sites for hydroxylation is 1. The van der Waals surface area contributed by atoms with Crippen LogP contribution in [0.15, 0.2) is 127 Å². The molecule has 7 rings (SSSR count). The zero-order valence-corrected chi connectivity index (χ0v) is 23.6. The molecule has 0 aromatic heterocycles. The third-order valence-electron chi connectivity index (χ3n) is 9.33. The molecule has 0 spiro atoms. The second kappa shape index (κ2) is 9.82. The van der Waals surface area contributed by atoms with Crippen LogP contribution in [0, 0.1) is 12.8 Å². The fourth-order valence-electron chi connectivity index (χ4n) is 7.18. The van der Waals surface area contributed by atoms with Crippen molar-refractivity contribution in [1.82, 2.24) is 0 Å². The maximum Gasteiger partial charge on any atom is 0.118 e. The first kappa shape index (κ1) is 25.4. The maximum absolute atomic E-state index is 10.6. The van der Waals surface area contributed by atoms with Crippen molar-refractivity contribution in [3.8, 4) is 28.0 Å². The van der Waals surface area contributed by atoms with Crippen LogP contribution in [-0.4, -0.2) is 10.2 Å². The predicted octanol–water partition coefficient (Wildman–Crippen LogP) is 9.82. The van der Waals surface area contributed by atoms with Crippen LogP contribution in [0.1, 0.15) is 54.0 Å². The van der Waals surface area contributed by atoms with E-state index in [-0.39, 0.29) is 5.92 Å². The maximum atomic E-state index is 10.6. The summed E-state index contributed by atoms with van der Waals surface area (Å²) in [5.41, 5.74) is 12.6. The van der Waals surface area contributed by atoms with E-state index in [0.29, 0.717) is 11.5 Å². The van der Waals surface area contributed by atoms with Crippen LogP contribution in [0.4, 0.5) is 0 Å². The Morgan fingerprint density at radius 2 is 1.49 bits per heavy atom. The lowest BCUT2D eigenvalue weighted by molar-refractivity contribution is 0.388. The molecule has 4 aromatic carbocycles. The molecule has 0 heterocycles. The highest BCUT2D eigenvalue weighted by Crippen LogP contribution is 2.59. The first-order valence-electron chi connectivity index (χ1n) is 14.5. The monoisotopic (exact) mass is 534 g/mol. The average molecular weight is 535 g/mol. The number of aromatic hydroxyl groups is 1. The van der Waals surface area contributed by atoms with Gasteiger partial charge in [0.2, 0.25) is 0 Å². The molecule has 0 amide bonds. The van der Waals surface area contributed by atoms with E-state index in [9.17, 15) is 10.2 Å². The summed E-state index contributed by atoms with van der Waals surface area (Å²) in [6, 6.07) is 30.6. The Morgan fingerprint density at radius 1 is 0.756 bits per heavy atom. The van der Waals surface area contributed by atoms with Crippen molar-refractivity contribution >= 4 is 5.57 Å². The zero-order chi connectivity index (χ0) is 28.1. The number of hydrogen-bond acceptors (Lipinski definition) is 2. The Hall–Kier alpha value is -4.56. The average Bonchev–Trinajstić information content (AvgIpc) is 3.30. The topological polar surface area (TPSA) is 40.5 Å². The van der Waals surface area contributed by atoms with Gasteiger partial charge in [0.25, 0.3) is 0 Å². The number of aliphatic hydroxyl groups excluding tert-OH is 1. The van der Waals surface area contributed by atoms with Gasteiger partial charge in [-0.3, -0.25) is 0 Å². The zero-order valence-electron chi connectivity index (χ0n) is 23.6. The third-order valence-corrected chi connectivity index (χ3v) is 9.33. The molecule has 2 unspecified atom stereocenters. The van der Waals surface area contributed by atoms with Crippen molar-refractivity contribution in [2.45, 2.75) is 38.5 Å². The number of rotatable bonds is 4. The van der Waals surface area contributed by atoms with Gasteiger partial charge in [-0.1, -0.05) is 91.0 Å². The highest BCUT2D eigenvalue weighted by Gasteiger charge is 2.50. The van der Waals surface area contributed by atoms with Crippen molar-refractivity contribution in [2.24, 2.45) is 5.92 Å². The van der Waals surface area contributed by atoms with Crippen LogP contribution in [0.25, 0.3) is 27.8 Å². The first-order valence-corrected chi connectivity index (χ1v) is 14.5. The van der Waals surface area contributed by atoms with E-state index in [1.165, 1.54) is 44.5 Å². The highest BCUT2D eigenvalue weighted by molar-refractivity contribution is 5.88. The Labute approximate surface area is 242 Å². The lowest BCUT2D eigenvalue weighted by Crippen LogP contribution is -2.36. The number of phenolic OH excluding ortho intramolecular Hbond substituents is 1. The molecule has 3 aliphatic rings. The van der Waals surface area contributed by atoms with Gasteiger partial charge in [0.1, 0.15) is 11.5 Å². The van der Waals surface area contributed by atoms with Gasteiger partial charge in [-0.15, -0.1) is 0 Å². The van der Waals surface area contributed by atoms with Crippen molar-refractivity contribution < 1.29 is 10.2 Å². The minimum absolute atomic E-state index is 0.0730. The van der Waals surface area contributed by atoms with Crippen molar-refractivity contribution in [1.29, 1.82) is 0 Å². The molecule has 0 fully saturated rings. The fraction of sp³-hybridized carbons (Fsp3) is 0.179. The fourth-order valence-corrected chi connectivity index (χ4v) is 7.18. The number of benzene rings is 4. The van der Waals surface area contributed by atoms with E-state index < -0.39 is 5.41 Å². The molecule has 0 bridgehead atoms. The molecular formula is C39H34O2. The van der Waals surface area contributed by atoms with Gasteiger partial charge in [-0.05, 0) is 125 Å². The van der Waals surface area contributed by atoms with Gasteiger partial charge >= 0.3 is 0 Å². The van der Waals surface area contributed by atoms with Crippen LogP contribution in [-0.2, 0) is 5.41 Å². The minimum Gasteiger partial charge on any atom is -0.508 e. The molecule has 202 valence electrons. The quantitative estimate of drug-likeness (QED) is 0.273. The smallest absolute Gasteiger partial charge is 0.118 e. The summed E-state index contributed by atoms with van der Waals surface area (Å²) in [5, 5.41) is 21.2. The number of phenols is 1. The summed E-state index contributed by atoms with van der Waals surface area (Å²) in [4.78, 5) is 0. The van der Waals surface area contributed by atoms with Crippen LogP contribution in [0.2, 0.25) is 0 Å². The molecule has 2 nitrogen and oxygen atoms in total.